The zero-order valence-electron chi connectivity index (χ0n) is 6.57. The third kappa shape index (κ3) is 1.85. The fraction of sp³-hybridized carbons (Fsp3) is 0. The Hall–Kier alpha value is -0.840. The smallest absolute Gasteiger partial charge is 0.0888 e. The van der Waals surface area contributed by atoms with Gasteiger partial charge in [0.1, 0.15) is 0 Å². The molecule has 0 unspecified atom stereocenters. The van der Waals surface area contributed by atoms with E-state index in [1.165, 1.54) is 6.20 Å². The molecule has 0 saturated carbocycles. The van der Waals surface area contributed by atoms with E-state index in [9.17, 15) is 0 Å². The molecule has 0 aromatic carbocycles. The van der Waals surface area contributed by atoms with E-state index < -0.39 is 0 Å². The molecular formula is C9H9IN2. The average molecular weight is 272 g/mol. The van der Waals surface area contributed by atoms with Gasteiger partial charge in [0.2, 0.25) is 0 Å². The molecule has 12 heavy (non-hydrogen) atoms. The van der Waals surface area contributed by atoms with Gasteiger partial charge in [0.25, 0.3) is 0 Å². The summed E-state index contributed by atoms with van der Waals surface area (Å²) < 4.78 is 1.96. The van der Waals surface area contributed by atoms with Crippen LogP contribution in [0.25, 0.3) is 0 Å². The van der Waals surface area contributed by atoms with E-state index in [-0.39, 0.29) is 0 Å². The van der Waals surface area contributed by atoms with Crippen LogP contribution in [0.5, 0.6) is 0 Å². The number of rotatable bonds is 2. The molecule has 0 amide bonds. The van der Waals surface area contributed by atoms with Crippen LogP contribution < -0.4 is 0 Å². The van der Waals surface area contributed by atoms with Crippen LogP contribution in [0.15, 0.2) is 54.5 Å². The van der Waals surface area contributed by atoms with Gasteiger partial charge in [-0.25, -0.2) is 0 Å². The van der Waals surface area contributed by atoms with Crippen molar-refractivity contribution in [1.29, 1.82) is 0 Å². The Morgan fingerprint density at radius 3 is 2.83 bits per heavy atom. The standard InChI is InChI=1S/C9H9IN2/c1-3-5-9-8(11-4-2)6-7-12(9)10/h3-7H,1-2H2. The number of aliphatic imine (C=N–C) groups is 1. The van der Waals surface area contributed by atoms with Gasteiger partial charge in [-0.1, -0.05) is 19.2 Å². The first-order chi connectivity index (χ1) is 5.79. The highest BCUT2D eigenvalue weighted by Gasteiger charge is 2.13. The van der Waals surface area contributed by atoms with E-state index in [1.54, 1.807) is 6.08 Å². The maximum Gasteiger partial charge on any atom is 0.0888 e. The van der Waals surface area contributed by atoms with Crippen molar-refractivity contribution in [2.45, 2.75) is 0 Å². The highest BCUT2D eigenvalue weighted by molar-refractivity contribution is 14.1. The van der Waals surface area contributed by atoms with E-state index >= 15 is 0 Å². The summed E-state index contributed by atoms with van der Waals surface area (Å²) in [4.78, 5) is 4.11. The lowest BCUT2D eigenvalue weighted by Gasteiger charge is -2.06. The number of hydrogen-bond donors (Lipinski definition) is 0. The van der Waals surface area contributed by atoms with E-state index in [2.05, 4.69) is 41.0 Å². The molecule has 2 nitrogen and oxygen atoms in total. The Bertz CT molecular complexity index is 287. The molecule has 0 N–H and O–H groups in total. The molecule has 1 aliphatic rings. The number of hydrogen-bond acceptors (Lipinski definition) is 2. The summed E-state index contributed by atoms with van der Waals surface area (Å²) in [7, 11) is 0. The molecule has 0 fully saturated rings. The third-order valence-corrected chi connectivity index (χ3v) is 2.20. The van der Waals surface area contributed by atoms with Crippen LogP contribution >= 0.6 is 22.9 Å². The lowest BCUT2D eigenvalue weighted by molar-refractivity contribution is 0.899. The van der Waals surface area contributed by atoms with Crippen molar-refractivity contribution in [3.63, 3.8) is 0 Å². The van der Waals surface area contributed by atoms with Gasteiger partial charge in [-0.05, 0) is 12.2 Å². The molecule has 1 rings (SSSR count). The lowest BCUT2D eigenvalue weighted by Crippen LogP contribution is -2.03. The Morgan fingerprint density at radius 2 is 2.25 bits per heavy atom. The van der Waals surface area contributed by atoms with Crippen LogP contribution in [0.2, 0.25) is 0 Å². The molecular weight excluding hydrogens is 263 g/mol. The van der Waals surface area contributed by atoms with Gasteiger partial charge in [0.05, 0.1) is 34.3 Å². The minimum Gasteiger partial charge on any atom is -0.288 e. The van der Waals surface area contributed by atoms with Crippen LogP contribution in [0, 0.1) is 0 Å². The molecule has 0 atom stereocenters. The van der Waals surface area contributed by atoms with Crippen LogP contribution in [0.3, 0.4) is 0 Å². The first-order valence-electron chi connectivity index (χ1n) is 3.44. The Kier molecular flexibility index (Phi) is 3.28. The van der Waals surface area contributed by atoms with E-state index in [0.29, 0.717) is 0 Å². The van der Waals surface area contributed by atoms with Crippen molar-refractivity contribution in [3.8, 4) is 0 Å². The summed E-state index contributed by atoms with van der Waals surface area (Å²) in [6.45, 7) is 7.19. The SMILES string of the molecule is C=CC=C1C(=NC=C)C=CN1I. The first-order valence-corrected chi connectivity index (χ1v) is 4.41. The quantitative estimate of drug-likeness (QED) is 0.557. The zero-order chi connectivity index (χ0) is 8.97. The largest absolute Gasteiger partial charge is 0.288 e. The van der Waals surface area contributed by atoms with Gasteiger partial charge in [-0.15, -0.1) is 0 Å². The summed E-state index contributed by atoms with van der Waals surface area (Å²) in [6, 6.07) is 0. The van der Waals surface area contributed by atoms with Crippen molar-refractivity contribution >= 4 is 28.6 Å². The second-order valence-electron chi connectivity index (χ2n) is 2.11. The Balaban J connectivity index is 2.98. The maximum atomic E-state index is 4.11. The Labute approximate surface area is 86.2 Å². The molecule has 62 valence electrons. The first kappa shape index (κ1) is 9.25. The number of nitrogens with zero attached hydrogens (tertiary/aromatic N) is 2. The zero-order valence-corrected chi connectivity index (χ0v) is 8.73. The normalized spacial score (nSPS) is 22.2. The topological polar surface area (TPSA) is 15.6 Å². The molecule has 3 heteroatoms. The lowest BCUT2D eigenvalue weighted by atomic mass is 10.3. The van der Waals surface area contributed by atoms with Crippen LogP contribution in [-0.2, 0) is 0 Å². The summed E-state index contributed by atoms with van der Waals surface area (Å²) in [5.74, 6) is 0. The molecule has 0 aromatic rings. The Morgan fingerprint density at radius 1 is 1.50 bits per heavy atom. The third-order valence-electron chi connectivity index (χ3n) is 1.36. The van der Waals surface area contributed by atoms with Crippen molar-refractivity contribution in [2.24, 2.45) is 4.99 Å². The van der Waals surface area contributed by atoms with Gasteiger partial charge in [-0.3, -0.25) is 8.11 Å². The van der Waals surface area contributed by atoms with Crippen molar-refractivity contribution < 1.29 is 0 Å². The fourth-order valence-electron chi connectivity index (χ4n) is 0.887. The van der Waals surface area contributed by atoms with Gasteiger partial charge in [-0.2, -0.15) is 0 Å². The van der Waals surface area contributed by atoms with Gasteiger partial charge in [0, 0.05) is 12.4 Å². The van der Waals surface area contributed by atoms with Crippen molar-refractivity contribution in [1.82, 2.24) is 3.11 Å². The second kappa shape index (κ2) is 4.25. The minimum absolute atomic E-state index is 0.916. The molecule has 0 saturated heterocycles. The van der Waals surface area contributed by atoms with Crippen LogP contribution in [0.4, 0.5) is 0 Å². The molecule has 0 aromatic heterocycles. The van der Waals surface area contributed by atoms with Gasteiger partial charge >= 0.3 is 0 Å². The molecule has 0 aliphatic carbocycles. The van der Waals surface area contributed by atoms with Gasteiger partial charge in [0.15, 0.2) is 0 Å². The predicted octanol–water partition coefficient (Wildman–Crippen LogP) is 2.82. The molecule has 0 spiro atoms. The second-order valence-corrected chi connectivity index (χ2v) is 3.15. The summed E-state index contributed by atoms with van der Waals surface area (Å²) in [5.41, 5.74) is 1.95. The summed E-state index contributed by atoms with van der Waals surface area (Å²) >= 11 is 2.19. The van der Waals surface area contributed by atoms with Gasteiger partial charge < -0.3 is 0 Å². The summed E-state index contributed by atoms with van der Waals surface area (Å²) in [5, 5.41) is 0. The van der Waals surface area contributed by atoms with Crippen LogP contribution in [-0.4, -0.2) is 8.82 Å². The summed E-state index contributed by atoms with van der Waals surface area (Å²) in [6.07, 6.45) is 9.06. The predicted molar refractivity (Wildman–Crippen MR) is 60.9 cm³/mol. The highest BCUT2D eigenvalue weighted by Crippen LogP contribution is 2.20. The minimum atomic E-state index is 0.916. The monoisotopic (exact) mass is 272 g/mol. The maximum absolute atomic E-state index is 4.11. The molecule has 0 radical (unpaired) electrons. The average Bonchev–Trinajstić information content (AvgIpc) is 2.37. The molecule has 0 bridgehead atoms. The van der Waals surface area contributed by atoms with E-state index in [1.807, 2.05) is 21.5 Å². The van der Waals surface area contributed by atoms with E-state index in [4.69, 9.17) is 0 Å². The highest BCUT2D eigenvalue weighted by atomic mass is 127. The van der Waals surface area contributed by atoms with Crippen molar-refractivity contribution in [3.05, 3.63) is 49.5 Å². The number of halogens is 1. The molecule has 1 heterocycles. The van der Waals surface area contributed by atoms with E-state index in [0.717, 1.165) is 11.4 Å². The number of allylic oxidation sites excluding steroid dienone is 3. The molecule has 1 aliphatic heterocycles. The van der Waals surface area contributed by atoms with Crippen LogP contribution in [0.1, 0.15) is 0 Å². The van der Waals surface area contributed by atoms with Crippen molar-refractivity contribution in [2.75, 3.05) is 0 Å². The fourth-order valence-corrected chi connectivity index (χ4v) is 1.46.